The van der Waals surface area contributed by atoms with Gasteiger partial charge >= 0.3 is 0 Å². The smallest absolute Gasteiger partial charge is 0.0889 e. The third kappa shape index (κ3) is 6.14. The van der Waals surface area contributed by atoms with Crippen molar-refractivity contribution in [3.63, 3.8) is 0 Å². The molecule has 1 aromatic rings. The van der Waals surface area contributed by atoms with Crippen LogP contribution in [0.1, 0.15) is 38.1 Å². The van der Waals surface area contributed by atoms with Crippen LogP contribution >= 0.6 is 0 Å². The van der Waals surface area contributed by atoms with Gasteiger partial charge in [-0.15, -0.1) is 0 Å². The van der Waals surface area contributed by atoms with Crippen LogP contribution < -0.4 is 5.32 Å². The van der Waals surface area contributed by atoms with Crippen molar-refractivity contribution in [2.24, 2.45) is 0 Å². The summed E-state index contributed by atoms with van der Waals surface area (Å²) in [5.41, 5.74) is 2.08. The van der Waals surface area contributed by atoms with Crippen molar-refractivity contribution in [1.82, 2.24) is 10.3 Å². The average Bonchev–Trinajstić information content (AvgIpc) is 3.20. The van der Waals surface area contributed by atoms with Gasteiger partial charge in [-0.2, -0.15) is 0 Å². The first kappa shape index (κ1) is 14.4. The summed E-state index contributed by atoms with van der Waals surface area (Å²) in [5.74, 6) is 0. The Morgan fingerprint density at radius 3 is 2.79 bits per heavy atom. The molecule has 0 unspecified atom stereocenters. The maximum absolute atomic E-state index is 5.56. The number of rotatable bonds is 9. The number of nitrogens with zero attached hydrogens (tertiary/aromatic N) is 1. The summed E-state index contributed by atoms with van der Waals surface area (Å²) in [6.45, 7) is 6.72. The highest BCUT2D eigenvalue weighted by Crippen LogP contribution is 2.19. The fourth-order valence-electron chi connectivity index (χ4n) is 1.76. The summed E-state index contributed by atoms with van der Waals surface area (Å²) < 4.78 is 11.0. The van der Waals surface area contributed by atoms with Crippen LogP contribution in [0.5, 0.6) is 0 Å². The van der Waals surface area contributed by atoms with E-state index in [0.29, 0.717) is 19.8 Å². The number of pyridine rings is 1. The number of hydrogen-bond donors (Lipinski definition) is 1. The van der Waals surface area contributed by atoms with Gasteiger partial charge in [0.25, 0.3) is 0 Å². The van der Waals surface area contributed by atoms with E-state index in [1.54, 1.807) is 0 Å². The minimum absolute atomic E-state index is 0.263. The van der Waals surface area contributed by atoms with Crippen molar-refractivity contribution >= 4 is 0 Å². The topological polar surface area (TPSA) is 43.4 Å². The maximum Gasteiger partial charge on any atom is 0.0889 e. The summed E-state index contributed by atoms with van der Waals surface area (Å²) in [5, 5.41) is 3.47. The zero-order chi connectivity index (χ0) is 13.5. The molecular formula is C15H24N2O2. The van der Waals surface area contributed by atoms with E-state index in [2.05, 4.69) is 16.4 Å². The molecule has 1 N–H and O–H groups in total. The minimum atomic E-state index is 0.263. The van der Waals surface area contributed by atoms with Gasteiger partial charge in [-0.25, -0.2) is 0 Å². The van der Waals surface area contributed by atoms with Crippen LogP contribution in [0.15, 0.2) is 18.2 Å². The first-order valence-corrected chi connectivity index (χ1v) is 7.11. The summed E-state index contributed by atoms with van der Waals surface area (Å²) >= 11 is 0. The molecule has 0 aromatic carbocycles. The second kappa shape index (κ2) is 7.58. The quantitative estimate of drug-likeness (QED) is 0.695. The predicted molar refractivity (Wildman–Crippen MR) is 74.8 cm³/mol. The second-order valence-corrected chi connectivity index (χ2v) is 5.25. The Morgan fingerprint density at radius 1 is 1.26 bits per heavy atom. The van der Waals surface area contributed by atoms with E-state index in [4.69, 9.17) is 9.47 Å². The summed E-state index contributed by atoms with van der Waals surface area (Å²) in [7, 11) is 0. The summed E-state index contributed by atoms with van der Waals surface area (Å²) in [6, 6.07) is 6.82. The molecule has 0 spiro atoms. The predicted octanol–water partition coefficient (Wildman–Crippen LogP) is 2.28. The van der Waals surface area contributed by atoms with Gasteiger partial charge in [-0.05, 0) is 38.8 Å². The van der Waals surface area contributed by atoms with Gasteiger partial charge in [0.1, 0.15) is 0 Å². The number of hydrogen-bond acceptors (Lipinski definition) is 4. The van der Waals surface area contributed by atoms with Crippen molar-refractivity contribution in [1.29, 1.82) is 0 Å². The van der Waals surface area contributed by atoms with Crippen molar-refractivity contribution in [3.8, 4) is 0 Å². The zero-order valence-corrected chi connectivity index (χ0v) is 11.9. The van der Waals surface area contributed by atoms with Crippen LogP contribution in [0.3, 0.4) is 0 Å². The van der Waals surface area contributed by atoms with Gasteiger partial charge < -0.3 is 14.8 Å². The molecule has 4 nitrogen and oxygen atoms in total. The highest BCUT2D eigenvalue weighted by atomic mass is 16.5. The van der Waals surface area contributed by atoms with E-state index >= 15 is 0 Å². The fourth-order valence-corrected chi connectivity index (χ4v) is 1.76. The fraction of sp³-hybridized carbons (Fsp3) is 0.667. The third-order valence-corrected chi connectivity index (χ3v) is 2.94. The Labute approximate surface area is 115 Å². The van der Waals surface area contributed by atoms with E-state index in [1.165, 1.54) is 12.8 Å². The Hall–Kier alpha value is -0.970. The SMILES string of the molecule is CC(C)OCCOCc1cccc(CNC2CC2)n1. The zero-order valence-electron chi connectivity index (χ0n) is 11.9. The molecule has 0 atom stereocenters. The average molecular weight is 264 g/mol. The van der Waals surface area contributed by atoms with Crippen LogP contribution in [0.25, 0.3) is 0 Å². The van der Waals surface area contributed by atoms with Crippen LogP contribution in [-0.2, 0) is 22.6 Å². The van der Waals surface area contributed by atoms with Crippen molar-refractivity contribution in [2.45, 2.75) is 52.0 Å². The van der Waals surface area contributed by atoms with Gasteiger partial charge in [0, 0.05) is 12.6 Å². The number of aromatic nitrogens is 1. The van der Waals surface area contributed by atoms with Crippen LogP contribution in [-0.4, -0.2) is 30.3 Å². The number of ether oxygens (including phenoxy) is 2. The molecule has 4 heteroatoms. The summed E-state index contributed by atoms with van der Waals surface area (Å²) in [4.78, 5) is 4.58. The first-order chi connectivity index (χ1) is 9.24. The van der Waals surface area contributed by atoms with E-state index in [9.17, 15) is 0 Å². The number of nitrogens with one attached hydrogen (secondary N) is 1. The molecular weight excluding hydrogens is 240 g/mol. The lowest BCUT2D eigenvalue weighted by Crippen LogP contribution is -2.16. The van der Waals surface area contributed by atoms with Crippen molar-refractivity contribution in [2.75, 3.05) is 13.2 Å². The highest BCUT2D eigenvalue weighted by molar-refractivity contribution is 5.10. The molecule has 1 fully saturated rings. The normalized spacial score (nSPS) is 15.1. The molecule has 1 aliphatic carbocycles. The second-order valence-electron chi connectivity index (χ2n) is 5.25. The monoisotopic (exact) mass is 264 g/mol. The molecule has 0 saturated heterocycles. The van der Waals surface area contributed by atoms with Gasteiger partial charge in [-0.3, -0.25) is 4.98 Å². The molecule has 1 aliphatic rings. The van der Waals surface area contributed by atoms with E-state index in [0.717, 1.165) is 24.0 Å². The van der Waals surface area contributed by atoms with E-state index in [-0.39, 0.29) is 6.10 Å². The molecule has 1 heterocycles. The highest BCUT2D eigenvalue weighted by Gasteiger charge is 2.20. The molecule has 1 saturated carbocycles. The minimum Gasteiger partial charge on any atom is -0.376 e. The lowest BCUT2D eigenvalue weighted by molar-refractivity contribution is 0.0135. The Morgan fingerprint density at radius 2 is 2.05 bits per heavy atom. The Kier molecular flexibility index (Phi) is 5.76. The van der Waals surface area contributed by atoms with Crippen molar-refractivity contribution in [3.05, 3.63) is 29.6 Å². The third-order valence-electron chi connectivity index (χ3n) is 2.94. The standard InChI is InChI=1S/C15H24N2O2/c1-12(2)19-9-8-18-11-15-5-3-4-14(17-15)10-16-13-6-7-13/h3-5,12-13,16H,6-11H2,1-2H3. The van der Waals surface area contributed by atoms with Crippen LogP contribution in [0.4, 0.5) is 0 Å². The molecule has 1 aromatic heterocycles. The molecule has 106 valence electrons. The maximum atomic E-state index is 5.56. The molecule has 0 amide bonds. The summed E-state index contributed by atoms with van der Waals surface area (Å²) in [6.07, 6.45) is 2.87. The molecule has 0 radical (unpaired) electrons. The lowest BCUT2D eigenvalue weighted by Gasteiger charge is -2.09. The molecule has 0 aliphatic heterocycles. The molecule has 2 rings (SSSR count). The lowest BCUT2D eigenvalue weighted by atomic mass is 10.3. The Balaban J connectivity index is 1.65. The van der Waals surface area contributed by atoms with Gasteiger partial charge in [-0.1, -0.05) is 6.07 Å². The molecule has 19 heavy (non-hydrogen) atoms. The van der Waals surface area contributed by atoms with Gasteiger partial charge in [0.15, 0.2) is 0 Å². The first-order valence-electron chi connectivity index (χ1n) is 7.11. The van der Waals surface area contributed by atoms with Gasteiger partial charge in [0.05, 0.1) is 37.3 Å². The van der Waals surface area contributed by atoms with Crippen LogP contribution in [0.2, 0.25) is 0 Å². The van der Waals surface area contributed by atoms with Crippen molar-refractivity contribution < 1.29 is 9.47 Å². The van der Waals surface area contributed by atoms with Gasteiger partial charge in [0.2, 0.25) is 0 Å². The molecule has 0 bridgehead atoms. The van der Waals surface area contributed by atoms with Crippen LogP contribution in [0, 0.1) is 0 Å². The van der Waals surface area contributed by atoms with E-state index < -0.39 is 0 Å². The van der Waals surface area contributed by atoms with E-state index in [1.807, 2.05) is 26.0 Å². The Bertz CT molecular complexity index is 378. The largest absolute Gasteiger partial charge is 0.376 e.